The van der Waals surface area contributed by atoms with Crippen molar-refractivity contribution in [1.82, 2.24) is 5.01 Å². The zero-order valence-corrected chi connectivity index (χ0v) is 15.2. The molecule has 0 unspecified atom stereocenters. The normalized spacial score (nSPS) is 14.5. The first-order valence-corrected chi connectivity index (χ1v) is 9.29. The Balaban J connectivity index is 1.34. The van der Waals surface area contributed by atoms with Gasteiger partial charge < -0.3 is 9.64 Å². The van der Waals surface area contributed by atoms with Crippen molar-refractivity contribution in [2.75, 3.05) is 31.1 Å². The van der Waals surface area contributed by atoms with Crippen molar-refractivity contribution >= 4 is 11.9 Å². The fourth-order valence-electron chi connectivity index (χ4n) is 3.14. The maximum Gasteiger partial charge on any atom is 0.128 e. The van der Waals surface area contributed by atoms with Crippen LogP contribution < -0.4 is 9.64 Å². The molecule has 4 nitrogen and oxygen atoms in total. The minimum absolute atomic E-state index is 0.819. The molecule has 1 fully saturated rings. The van der Waals surface area contributed by atoms with Crippen LogP contribution in [0, 0.1) is 0 Å². The Morgan fingerprint density at radius 3 is 2.11 bits per heavy atom. The number of hydrogen-bond acceptors (Lipinski definition) is 4. The number of benzene rings is 3. The van der Waals surface area contributed by atoms with Crippen molar-refractivity contribution < 1.29 is 4.74 Å². The molecule has 0 radical (unpaired) electrons. The molecule has 1 aliphatic heterocycles. The van der Waals surface area contributed by atoms with Crippen molar-refractivity contribution in [1.29, 1.82) is 0 Å². The summed E-state index contributed by atoms with van der Waals surface area (Å²) >= 11 is 0. The van der Waals surface area contributed by atoms with E-state index in [1.54, 1.807) is 0 Å². The Morgan fingerprint density at radius 2 is 1.37 bits per heavy atom. The molecule has 1 aliphatic rings. The Bertz CT molecular complexity index is 872. The summed E-state index contributed by atoms with van der Waals surface area (Å²) < 4.78 is 5.89. The first kappa shape index (κ1) is 17.2. The number of ether oxygens (including phenoxy) is 1. The standard InChI is InChI=1S/C23H23N3O/c1-3-9-21(10-4-1)25-14-16-26(17-15-25)24-19-20-8-7-13-23(18-20)27-22-11-5-2-6-12-22/h1-13,18-19H,14-17H2/b24-19-. The summed E-state index contributed by atoms with van der Waals surface area (Å²) in [7, 11) is 0. The molecule has 1 heterocycles. The van der Waals surface area contributed by atoms with Gasteiger partial charge in [0.25, 0.3) is 0 Å². The van der Waals surface area contributed by atoms with Crippen molar-refractivity contribution in [2.24, 2.45) is 5.10 Å². The smallest absolute Gasteiger partial charge is 0.128 e. The largest absolute Gasteiger partial charge is 0.457 e. The average Bonchev–Trinajstić information content (AvgIpc) is 2.74. The number of rotatable bonds is 5. The van der Waals surface area contributed by atoms with Crippen molar-refractivity contribution in [3.05, 3.63) is 90.5 Å². The van der Waals surface area contributed by atoms with Crippen molar-refractivity contribution in [2.45, 2.75) is 0 Å². The molecule has 4 heteroatoms. The van der Waals surface area contributed by atoms with Crippen LogP contribution in [-0.2, 0) is 0 Å². The quantitative estimate of drug-likeness (QED) is 0.623. The van der Waals surface area contributed by atoms with Crippen LogP contribution >= 0.6 is 0 Å². The van der Waals surface area contributed by atoms with Crippen molar-refractivity contribution in [3.8, 4) is 11.5 Å². The molecule has 0 atom stereocenters. The highest BCUT2D eigenvalue weighted by atomic mass is 16.5. The zero-order valence-electron chi connectivity index (χ0n) is 15.2. The van der Waals surface area contributed by atoms with E-state index >= 15 is 0 Å². The lowest BCUT2D eigenvalue weighted by atomic mass is 10.2. The minimum atomic E-state index is 0.819. The zero-order chi connectivity index (χ0) is 18.3. The van der Waals surface area contributed by atoms with Gasteiger partial charge >= 0.3 is 0 Å². The van der Waals surface area contributed by atoms with Gasteiger partial charge in [-0.3, -0.25) is 5.01 Å². The molecule has 27 heavy (non-hydrogen) atoms. The van der Waals surface area contributed by atoms with E-state index in [0.29, 0.717) is 0 Å². The molecule has 0 bridgehead atoms. The summed E-state index contributed by atoms with van der Waals surface area (Å²) in [6.45, 7) is 3.81. The summed E-state index contributed by atoms with van der Waals surface area (Å²) in [5.41, 5.74) is 2.32. The van der Waals surface area contributed by atoms with Crippen LogP contribution in [0.25, 0.3) is 0 Å². The molecular weight excluding hydrogens is 334 g/mol. The third-order valence-electron chi connectivity index (χ3n) is 4.58. The number of anilines is 1. The number of piperazine rings is 1. The highest BCUT2D eigenvalue weighted by Gasteiger charge is 2.15. The molecule has 0 saturated carbocycles. The van der Waals surface area contributed by atoms with Crippen LogP contribution in [0.15, 0.2) is 90.0 Å². The van der Waals surface area contributed by atoms with Gasteiger partial charge in [0.2, 0.25) is 0 Å². The molecule has 3 aromatic carbocycles. The Kier molecular flexibility index (Phi) is 5.34. The number of nitrogens with zero attached hydrogens (tertiary/aromatic N) is 3. The SMILES string of the molecule is C(=N/N1CCN(c2ccccc2)CC1)/c1cccc(Oc2ccccc2)c1. The van der Waals surface area contributed by atoms with Gasteiger partial charge in [0, 0.05) is 18.8 Å². The van der Waals surface area contributed by atoms with Gasteiger partial charge in [-0.1, -0.05) is 48.5 Å². The maximum absolute atomic E-state index is 5.89. The van der Waals surface area contributed by atoms with Crippen LogP contribution in [0.2, 0.25) is 0 Å². The monoisotopic (exact) mass is 357 g/mol. The van der Waals surface area contributed by atoms with Gasteiger partial charge in [0.05, 0.1) is 19.3 Å². The van der Waals surface area contributed by atoms with E-state index in [9.17, 15) is 0 Å². The van der Waals surface area contributed by atoms with Crippen molar-refractivity contribution in [3.63, 3.8) is 0 Å². The highest BCUT2D eigenvalue weighted by molar-refractivity contribution is 5.80. The molecule has 4 rings (SSSR count). The van der Waals surface area contributed by atoms with E-state index in [2.05, 4.69) is 45.3 Å². The van der Waals surface area contributed by atoms with Crippen LogP contribution in [0.5, 0.6) is 11.5 Å². The van der Waals surface area contributed by atoms with Gasteiger partial charge in [-0.15, -0.1) is 0 Å². The first-order valence-electron chi connectivity index (χ1n) is 9.29. The molecule has 0 aliphatic carbocycles. The fourth-order valence-corrected chi connectivity index (χ4v) is 3.14. The molecule has 3 aromatic rings. The maximum atomic E-state index is 5.89. The van der Waals surface area contributed by atoms with Crippen LogP contribution in [0.4, 0.5) is 5.69 Å². The predicted molar refractivity (Wildman–Crippen MR) is 111 cm³/mol. The lowest BCUT2D eigenvalue weighted by Gasteiger charge is -2.34. The molecule has 1 saturated heterocycles. The second kappa shape index (κ2) is 8.41. The molecule has 0 amide bonds. The van der Waals surface area contributed by atoms with E-state index < -0.39 is 0 Å². The molecule has 0 spiro atoms. The summed E-state index contributed by atoms with van der Waals surface area (Å²) in [6.07, 6.45) is 1.91. The minimum Gasteiger partial charge on any atom is -0.457 e. The fraction of sp³-hybridized carbons (Fsp3) is 0.174. The number of hydrogen-bond donors (Lipinski definition) is 0. The van der Waals surface area contributed by atoms with Gasteiger partial charge in [-0.2, -0.15) is 5.10 Å². The molecule has 136 valence electrons. The van der Waals surface area contributed by atoms with Gasteiger partial charge in [-0.25, -0.2) is 0 Å². The lowest BCUT2D eigenvalue weighted by Crippen LogP contribution is -2.44. The van der Waals surface area contributed by atoms with Gasteiger partial charge in [-0.05, 0) is 42.0 Å². The Hall–Kier alpha value is -3.27. The summed E-state index contributed by atoms with van der Waals surface area (Å²) in [6, 6.07) is 28.4. The molecule has 0 N–H and O–H groups in total. The van der Waals surface area contributed by atoms with E-state index in [1.807, 2.05) is 60.8 Å². The Morgan fingerprint density at radius 1 is 0.704 bits per heavy atom. The number of hydrazone groups is 1. The van der Waals surface area contributed by atoms with Crippen LogP contribution in [0.3, 0.4) is 0 Å². The average molecular weight is 357 g/mol. The second-order valence-electron chi connectivity index (χ2n) is 6.51. The van der Waals surface area contributed by atoms with Crippen LogP contribution in [0.1, 0.15) is 5.56 Å². The highest BCUT2D eigenvalue weighted by Crippen LogP contribution is 2.21. The van der Waals surface area contributed by atoms with Gasteiger partial charge in [0.15, 0.2) is 0 Å². The molecule has 0 aromatic heterocycles. The summed E-state index contributed by atoms with van der Waals surface area (Å²) in [5.74, 6) is 1.66. The van der Waals surface area contributed by atoms with Crippen LogP contribution in [-0.4, -0.2) is 37.4 Å². The Labute approximate surface area is 160 Å². The van der Waals surface area contributed by atoms with Gasteiger partial charge in [0.1, 0.15) is 11.5 Å². The number of para-hydroxylation sites is 2. The summed E-state index contributed by atoms with van der Waals surface area (Å²) in [4.78, 5) is 2.40. The third-order valence-corrected chi connectivity index (χ3v) is 4.58. The van der Waals surface area contributed by atoms with E-state index in [4.69, 9.17) is 4.74 Å². The first-order chi connectivity index (χ1) is 13.4. The third kappa shape index (κ3) is 4.67. The summed E-state index contributed by atoms with van der Waals surface area (Å²) in [5, 5.41) is 6.78. The second-order valence-corrected chi connectivity index (χ2v) is 6.51. The molecular formula is C23H23N3O. The predicted octanol–water partition coefficient (Wildman–Crippen LogP) is 4.64. The topological polar surface area (TPSA) is 28.1 Å². The van der Waals surface area contributed by atoms with E-state index in [1.165, 1.54) is 5.69 Å². The lowest BCUT2D eigenvalue weighted by molar-refractivity contribution is 0.272. The van der Waals surface area contributed by atoms with E-state index in [0.717, 1.165) is 43.2 Å². The van der Waals surface area contributed by atoms with E-state index in [-0.39, 0.29) is 0 Å².